The highest BCUT2D eigenvalue weighted by Crippen LogP contribution is 2.26. The molecule has 7 heteroatoms. The maximum absolute atomic E-state index is 9.79. The highest BCUT2D eigenvalue weighted by molar-refractivity contribution is 7.16. The van der Waals surface area contributed by atoms with Crippen LogP contribution >= 0.6 is 11.3 Å². The molecule has 2 heterocycles. The highest BCUT2D eigenvalue weighted by Gasteiger charge is 2.12. The van der Waals surface area contributed by atoms with Gasteiger partial charge in [-0.2, -0.15) is 4.98 Å². The molecular formula is C11H17N5OS. The zero-order chi connectivity index (χ0) is 13.1. The normalized spacial score (nSPS) is 12.9. The first-order valence-corrected chi connectivity index (χ1v) is 6.63. The molecule has 0 radical (unpaired) electrons. The number of nitrogen functional groups attached to an aromatic ring is 1. The van der Waals surface area contributed by atoms with Crippen LogP contribution in [0.4, 0.5) is 11.8 Å². The number of hydrogen-bond donors (Lipinski definition) is 4. The molecular weight excluding hydrogens is 250 g/mol. The zero-order valence-electron chi connectivity index (χ0n) is 10.3. The van der Waals surface area contributed by atoms with Gasteiger partial charge in [0.25, 0.3) is 0 Å². The molecule has 1 atom stereocenters. The molecule has 0 saturated heterocycles. The number of aliphatic hydroxyl groups excluding tert-OH is 1. The predicted octanol–water partition coefficient (Wildman–Crippen LogP) is 1.41. The number of hydrazine groups is 1. The number of nitrogens with one attached hydrogen (secondary N) is 2. The van der Waals surface area contributed by atoms with E-state index in [9.17, 15) is 5.11 Å². The van der Waals surface area contributed by atoms with Crippen molar-refractivity contribution < 1.29 is 5.11 Å². The van der Waals surface area contributed by atoms with Crippen molar-refractivity contribution in [3.05, 3.63) is 11.4 Å². The average molecular weight is 267 g/mol. The fourth-order valence-corrected chi connectivity index (χ4v) is 2.26. The summed E-state index contributed by atoms with van der Waals surface area (Å²) in [5.74, 6) is 6.59. The molecule has 2 aromatic heterocycles. The number of fused-ring (bicyclic) bond motifs is 1. The van der Waals surface area contributed by atoms with E-state index in [4.69, 9.17) is 5.84 Å². The van der Waals surface area contributed by atoms with Gasteiger partial charge in [0, 0.05) is 6.54 Å². The molecule has 0 aliphatic carbocycles. The van der Waals surface area contributed by atoms with Gasteiger partial charge in [0.2, 0.25) is 5.95 Å². The third kappa shape index (κ3) is 2.69. The standard InChI is InChI=1S/C11H17N5OS/c1-6(2)8(17)5-13-9-7-3-4-18-10(7)15-11(14-9)16-12/h3-4,6,8,17H,5,12H2,1-2H3,(H2,13,14,15,16). The Morgan fingerprint density at radius 3 is 2.89 bits per heavy atom. The lowest BCUT2D eigenvalue weighted by Crippen LogP contribution is -2.25. The first-order valence-electron chi connectivity index (χ1n) is 5.75. The van der Waals surface area contributed by atoms with Crippen LogP contribution in [-0.4, -0.2) is 27.7 Å². The lowest BCUT2D eigenvalue weighted by molar-refractivity contribution is 0.138. The molecule has 1 unspecified atom stereocenters. The first-order chi connectivity index (χ1) is 8.61. The van der Waals surface area contributed by atoms with Gasteiger partial charge < -0.3 is 10.4 Å². The molecule has 5 N–H and O–H groups in total. The zero-order valence-corrected chi connectivity index (χ0v) is 11.2. The number of nitrogens with zero attached hydrogens (tertiary/aromatic N) is 2. The minimum absolute atomic E-state index is 0.199. The lowest BCUT2D eigenvalue weighted by atomic mass is 10.1. The van der Waals surface area contributed by atoms with Crippen LogP contribution in [0.3, 0.4) is 0 Å². The van der Waals surface area contributed by atoms with Crippen molar-refractivity contribution in [2.75, 3.05) is 17.3 Å². The second kappa shape index (κ2) is 5.47. The fraction of sp³-hybridized carbons (Fsp3) is 0.455. The summed E-state index contributed by atoms with van der Waals surface area (Å²) in [5, 5.41) is 15.8. The lowest BCUT2D eigenvalue weighted by Gasteiger charge is -2.16. The van der Waals surface area contributed by atoms with E-state index in [1.807, 2.05) is 25.3 Å². The van der Waals surface area contributed by atoms with Crippen LogP contribution in [0.15, 0.2) is 11.4 Å². The topological polar surface area (TPSA) is 96.1 Å². The molecule has 0 aliphatic heterocycles. The van der Waals surface area contributed by atoms with E-state index in [0.29, 0.717) is 18.3 Å². The summed E-state index contributed by atoms with van der Waals surface area (Å²) in [6.45, 7) is 4.39. The molecule has 0 bridgehead atoms. The molecule has 98 valence electrons. The second-order valence-electron chi connectivity index (χ2n) is 4.37. The van der Waals surface area contributed by atoms with Gasteiger partial charge in [-0.1, -0.05) is 13.8 Å². The van der Waals surface area contributed by atoms with Crippen molar-refractivity contribution in [2.24, 2.45) is 11.8 Å². The third-order valence-electron chi connectivity index (χ3n) is 2.70. The quantitative estimate of drug-likeness (QED) is 0.483. The van der Waals surface area contributed by atoms with Crippen LogP contribution in [0.2, 0.25) is 0 Å². The summed E-state index contributed by atoms with van der Waals surface area (Å²) in [5.41, 5.74) is 2.44. The summed E-state index contributed by atoms with van der Waals surface area (Å²) in [6, 6.07) is 1.95. The number of nitrogens with two attached hydrogens (primary N) is 1. The van der Waals surface area contributed by atoms with Crippen LogP contribution in [0.25, 0.3) is 10.2 Å². The van der Waals surface area contributed by atoms with E-state index in [1.54, 1.807) is 0 Å². The van der Waals surface area contributed by atoms with Gasteiger partial charge in [-0.15, -0.1) is 11.3 Å². The Hall–Kier alpha value is -1.44. The van der Waals surface area contributed by atoms with E-state index >= 15 is 0 Å². The Morgan fingerprint density at radius 2 is 2.22 bits per heavy atom. The molecule has 0 amide bonds. The first kappa shape index (κ1) is 13.0. The van der Waals surface area contributed by atoms with Crippen molar-refractivity contribution in [3.63, 3.8) is 0 Å². The predicted molar refractivity (Wildman–Crippen MR) is 74.6 cm³/mol. The largest absolute Gasteiger partial charge is 0.391 e. The molecule has 0 fully saturated rings. The van der Waals surface area contributed by atoms with E-state index in [1.165, 1.54) is 11.3 Å². The Bertz CT molecular complexity index is 527. The summed E-state index contributed by atoms with van der Waals surface area (Å²) in [7, 11) is 0. The molecule has 0 aliphatic rings. The van der Waals surface area contributed by atoms with E-state index in [0.717, 1.165) is 10.2 Å². The van der Waals surface area contributed by atoms with Crippen molar-refractivity contribution in [1.29, 1.82) is 0 Å². The second-order valence-corrected chi connectivity index (χ2v) is 5.27. The monoisotopic (exact) mass is 267 g/mol. The number of aromatic nitrogens is 2. The van der Waals surface area contributed by atoms with Crippen LogP contribution < -0.4 is 16.6 Å². The van der Waals surface area contributed by atoms with Gasteiger partial charge in [-0.25, -0.2) is 10.8 Å². The molecule has 2 aromatic rings. The average Bonchev–Trinajstić information content (AvgIpc) is 2.83. The maximum Gasteiger partial charge on any atom is 0.240 e. The molecule has 6 nitrogen and oxygen atoms in total. The van der Waals surface area contributed by atoms with Crippen LogP contribution in [0, 0.1) is 5.92 Å². The SMILES string of the molecule is CC(C)C(O)CNc1nc(NN)nc2sccc12. The van der Waals surface area contributed by atoms with E-state index in [2.05, 4.69) is 20.7 Å². The number of anilines is 2. The van der Waals surface area contributed by atoms with Gasteiger partial charge in [0.05, 0.1) is 11.5 Å². The van der Waals surface area contributed by atoms with Gasteiger partial charge >= 0.3 is 0 Å². The summed E-state index contributed by atoms with van der Waals surface area (Å²) < 4.78 is 0. The van der Waals surface area contributed by atoms with Crippen molar-refractivity contribution in [1.82, 2.24) is 9.97 Å². The Kier molecular flexibility index (Phi) is 3.95. The number of rotatable bonds is 5. The van der Waals surface area contributed by atoms with Gasteiger partial charge in [0.1, 0.15) is 10.6 Å². The highest BCUT2D eigenvalue weighted by atomic mass is 32.1. The minimum Gasteiger partial charge on any atom is -0.391 e. The van der Waals surface area contributed by atoms with Gasteiger partial charge in [-0.3, -0.25) is 5.43 Å². The molecule has 18 heavy (non-hydrogen) atoms. The van der Waals surface area contributed by atoms with Crippen molar-refractivity contribution in [2.45, 2.75) is 20.0 Å². The Morgan fingerprint density at radius 1 is 1.44 bits per heavy atom. The molecule has 0 spiro atoms. The van der Waals surface area contributed by atoms with Crippen LogP contribution in [0.1, 0.15) is 13.8 Å². The van der Waals surface area contributed by atoms with Crippen LogP contribution in [0.5, 0.6) is 0 Å². The Balaban J connectivity index is 2.23. The Labute approximate surface area is 109 Å². The maximum atomic E-state index is 9.79. The summed E-state index contributed by atoms with van der Waals surface area (Å²) in [6.07, 6.45) is -0.414. The van der Waals surface area contributed by atoms with Gasteiger partial charge in [-0.05, 0) is 17.4 Å². The van der Waals surface area contributed by atoms with E-state index in [-0.39, 0.29) is 5.92 Å². The van der Waals surface area contributed by atoms with Crippen LogP contribution in [-0.2, 0) is 0 Å². The van der Waals surface area contributed by atoms with E-state index < -0.39 is 6.10 Å². The number of thiophene rings is 1. The fourth-order valence-electron chi connectivity index (χ4n) is 1.49. The van der Waals surface area contributed by atoms with Crippen molar-refractivity contribution >= 4 is 33.3 Å². The van der Waals surface area contributed by atoms with Gasteiger partial charge in [0.15, 0.2) is 0 Å². The van der Waals surface area contributed by atoms with Crippen molar-refractivity contribution in [3.8, 4) is 0 Å². The third-order valence-corrected chi connectivity index (χ3v) is 3.51. The molecule has 2 rings (SSSR count). The summed E-state index contributed by atoms with van der Waals surface area (Å²) >= 11 is 1.52. The minimum atomic E-state index is -0.414. The number of aliphatic hydroxyl groups is 1. The smallest absolute Gasteiger partial charge is 0.240 e. The summed E-state index contributed by atoms with van der Waals surface area (Å²) in [4.78, 5) is 9.37. The molecule has 0 saturated carbocycles. The molecule has 0 aromatic carbocycles. The number of hydrogen-bond acceptors (Lipinski definition) is 7.